The fraction of sp³-hybridized carbons (Fsp3) is 0.887. The van der Waals surface area contributed by atoms with Crippen molar-refractivity contribution in [1.29, 1.82) is 0 Å². The average Bonchev–Trinajstić information content (AvgIpc) is 3.22. The molecule has 37 heteroatoms. The van der Waals surface area contributed by atoms with Crippen molar-refractivity contribution in [2.45, 2.75) is 104 Å². The third-order valence-corrected chi connectivity index (χ3v) is 12.5. The van der Waals surface area contributed by atoms with E-state index >= 15 is 0 Å². The van der Waals surface area contributed by atoms with Gasteiger partial charge in [0.15, 0.2) is 0 Å². The average molecular weight is 1330 g/mol. The lowest BCUT2D eigenvalue weighted by Crippen LogP contribution is -2.46. The highest BCUT2D eigenvalue weighted by Gasteiger charge is 2.28. The molecule has 0 radical (unpaired) electrons. The zero-order chi connectivity index (χ0) is 66.9. The Kier molecular flexibility index (Phi) is 50.7. The highest BCUT2D eigenvalue weighted by Crippen LogP contribution is 2.19. The summed E-state index contributed by atoms with van der Waals surface area (Å²) in [5.41, 5.74) is 0. The lowest BCUT2D eigenvalue weighted by atomic mass is 10.2. The molecule has 1 aromatic heterocycles. The third-order valence-electron chi connectivity index (χ3n) is 12.5. The number of carbonyl (C=O) groups is 2. The van der Waals surface area contributed by atoms with Gasteiger partial charge in [-0.2, -0.15) is 0 Å². The molecule has 0 spiro atoms. The van der Waals surface area contributed by atoms with Crippen LogP contribution in [0.3, 0.4) is 0 Å². The molecular weight excluding hydrogens is 1220 g/mol. The summed E-state index contributed by atoms with van der Waals surface area (Å²) >= 11 is 0. The first-order valence-corrected chi connectivity index (χ1v) is 29.0. The minimum atomic E-state index is -1.27. The summed E-state index contributed by atoms with van der Waals surface area (Å²) in [4.78, 5) is 31.7. The van der Waals surface area contributed by atoms with Crippen molar-refractivity contribution < 1.29 is 173 Å². The molecule has 0 fully saturated rings. The van der Waals surface area contributed by atoms with Crippen LogP contribution in [-0.2, 0) is 75.9 Å². The first-order chi connectivity index (χ1) is 43.5. The molecule has 90 heavy (non-hydrogen) atoms. The van der Waals surface area contributed by atoms with Gasteiger partial charge in [-0.05, 0) is 0 Å². The number of carbonyl (C=O) groups excluding carboxylic acids is 2. The van der Waals surface area contributed by atoms with Crippen LogP contribution in [0.15, 0.2) is 12.1 Å². The molecule has 37 nitrogen and oxygen atoms in total. The van der Waals surface area contributed by atoms with Crippen molar-refractivity contribution in [3.8, 4) is 11.8 Å². The number of hydrogen-bond acceptors (Lipinski definition) is 35. The number of aromatic nitrogens is 1. The van der Waals surface area contributed by atoms with E-state index in [-0.39, 0.29) is 52.9 Å². The minimum Gasteiger partial charge on any atom is -0.492 e. The van der Waals surface area contributed by atoms with E-state index in [0.29, 0.717) is 4.73 Å². The molecule has 1 rings (SSSR count). The van der Waals surface area contributed by atoms with Gasteiger partial charge >= 0.3 is 5.97 Å². The predicted octanol–water partition coefficient (Wildman–Crippen LogP) is -10.6. The van der Waals surface area contributed by atoms with Crippen LogP contribution in [0.2, 0.25) is 0 Å². The maximum Gasteiger partial charge on any atom is 0.333 e. The van der Waals surface area contributed by atoms with Gasteiger partial charge in [-0.1, -0.05) is 0 Å². The summed E-state index contributed by atoms with van der Waals surface area (Å²) < 4.78 is 82.5. The standard InChI is InChI=1S/C53H100N2O35/c56-5-36(6-57)78-23-46(24-79-37(7-58)8-59)86-31-44(32-87-47(25-80-38(9-60)10-61)26-81-39(11-62)12-63)76-21-35(54-50(72)1-4-53(75)90-55-51(73)2-3-52(55)74)22-77-45(33-88-48(27-82-40(13-64)14-65)28-83-41(15-66)16-67)34-89-49(29-84-42(17-68)18-69)30-85-43(19-70)20-71/h2-3,35-49,56-71,73-74H,1,4-34H2,(H,54,72). The number of nitrogens with one attached hydrogen (secondary N) is 1. The Morgan fingerprint density at radius 2 is 0.467 bits per heavy atom. The Balaban J connectivity index is 3.97. The Morgan fingerprint density at radius 3 is 0.656 bits per heavy atom. The Morgan fingerprint density at radius 1 is 0.289 bits per heavy atom. The van der Waals surface area contributed by atoms with Gasteiger partial charge in [0.2, 0.25) is 17.7 Å². The molecule has 0 aliphatic carbocycles. The fourth-order valence-corrected chi connectivity index (χ4v) is 6.89. The molecule has 0 saturated heterocycles. The number of hydrogen-bond donors (Lipinski definition) is 19. The lowest BCUT2D eigenvalue weighted by molar-refractivity contribution is -0.162. The molecule has 1 amide bonds. The Bertz CT molecular complexity index is 1570. The molecule has 0 atom stereocenters. The van der Waals surface area contributed by atoms with Crippen molar-refractivity contribution in [3.05, 3.63) is 12.1 Å². The van der Waals surface area contributed by atoms with Crippen molar-refractivity contribution in [1.82, 2.24) is 10.0 Å². The number of ether oxygens (including phenoxy) is 14. The zero-order valence-electron chi connectivity index (χ0n) is 50.4. The van der Waals surface area contributed by atoms with Crippen LogP contribution >= 0.6 is 0 Å². The van der Waals surface area contributed by atoms with Crippen LogP contribution in [0.4, 0.5) is 0 Å². The number of aliphatic hydroxyl groups is 16. The van der Waals surface area contributed by atoms with Crippen LogP contribution in [0.1, 0.15) is 12.8 Å². The predicted molar refractivity (Wildman–Crippen MR) is 300 cm³/mol. The van der Waals surface area contributed by atoms with E-state index in [1.54, 1.807) is 0 Å². The molecule has 0 aromatic carbocycles. The second-order valence-corrected chi connectivity index (χ2v) is 19.9. The van der Waals surface area contributed by atoms with E-state index in [0.717, 1.165) is 12.1 Å². The number of aliphatic hydroxyl groups excluding tert-OH is 16. The van der Waals surface area contributed by atoms with Gasteiger partial charge in [0.1, 0.15) is 85.5 Å². The topological polar surface area (TPSA) is 554 Å². The highest BCUT2D eigenvalue weighted by atomic mass is 16.7. The Labute approximate surface area is 520 Å². The molecule has 0 aliphatic heterocycles. The molecule has 19 N–H and O–H groups in total. The van der Waals surface area contributed by atoms with E-state index in [2.05, 4.69) is 5.32 Å². The Hall–Kier alpha value is -3.38. The van der Waals surface area contributed by atoms with E-state index in [1.807, 2.05) is 0 Å². The second kappa shape index (κ2) is 53.9. The number of rotatable bonds is 63. The molecular formula is C53H100N2O35. The van der Waals surface area contributed by atoms with Gasteiger partial charge in [-0.3, -0.25) is 4.79 Å². The van der Waals surface area contributed by atoms with Gasteiger partial charge in [-0.25, -0.2) is 4.79 Å². The third kappa shape index (κ3) is 38.1. The van der Waals surface area contributed by atoms with Crippen molar-refractivity contribution in [3.63, 3.8) is 0 Å². The molecule has 0 bridgehead atoms. The van der Waals surface area contributed by atoms with Crippen LogP contribution in [0.25, 0.3) is 0 Å². The molecule has 0 saturated carbocycles. The van der Waals surface area contributed by atoms with Gasteiger partial charge in [0.25, 0.3) is 0 Å². The van der Waals surface area contributed by atoms with Crippen LogP contribution in [-0.4, -0.2) is 398 Å². The van der Waals surface area contributed by atoms with E-state index in [4.69, 9.17) is 71.2 Å². The monoisotopic (exact) mass is 1320 g/mol. The van der Waals surface area contributed by atoms with Crippen LogP contribution < -0.4 is 10.2 Å². The molecule has 1 heterocycles. The first kappa shape index (κ1) is 84.6. The van der Waals surface area contributed by atoms with Crippen molar-refractivity contribution >= 4 is 11.9 Å². The molecule has 0 unspecified atom stereocenters. The molecule has 0 aliphatic rings. The summed E-state index contributed by atoms with van der Waals surface area (Å²) in [5.74, 6) is -3.21. The fourth-order valence-electron chi connectivity index (χ4n) is 6.89. The zero-order valence-corrected chi connectivity index (χ0v) is 50.4. The summed E-state index contributed by atoms with van der Waals surface area (Å²) in [6, 6.07) is 0.792. The summed E-state index contributed by atoms with van der Waals surface area (Å²) in [6.45, 7) is -15.5. The van der Waals surface area contributed by atoms with Crippen LogP contribution in [0.5, 0.6) is 11.8 Å². The van der Waals surface area contributed by atoms with Gasteiger partial charge in [0.05, 0.1) is 211 Å². The van der Waals surface area contributed by atoms with E-state index in [9.17, 15) is 102 Å². The van der Waals surface area contributed by atoms with Gasteiger partial charge in [-0.15, -0.1) is 4.73 Å². The molecule has 1 aromatic rings. The van der Waals surface area contributed by atoms with Gasteiger partial charge < -0.3 is 168 Å². The summed E-state index contributed by atoms with van der Waals surface area (Å²) in [7, 11) is 0. The van der Waals surface area contributed by atoms with E-state index < -0.39 is 273 Å². The highest BCUT2D eigenvalue weighted by molar-refractivity contribution is 5.81. The minimum absolute atomic E-state index is 0.358. The molecule has 532 valence electrons. The van der Waals surface area contributed by atoms with Gasteiger partial charge in [0, 0.05) is 18.6 Å². The second-order valence-electron chi connectivity index (χ2n) is 19.9. The van der Waals surface area contributed by atoms with Crippen molar-refractivity contribution in [2.75, 3.05) is 198 Å². The quantitative estimate of drug-likeness (QED) is 0.0288. The normalized spacial score (nSPS) is 12.6. The maximum atomic E-state index is 13.8. The maximum absolute atomic E-state index is 13.8. The SMILES string of the molecule is O=C(CCC(=O)On1c(O)ccc1O)NC(COC(COC(COC(CO)CO)COC(CO)CO)COC(COC(CO)CO)COC(CO)CO)COC(COC(COC(CO)CO)COC(CO)CO)COC(COC(CO)CO)COC(CO)CO. The summed E-state index contributed by atoms with van der Waals surface area (Å²) in [6.07, 6.45) is -16.7. The lowest BCUT2D eigenvalue weighted by Gasteiger charge is -2.30. The number of amides is 1. The number of nitrogens with zero attached hydrogens (tertiary/aromatic N) is 1. The summed E-state index contributed by atoms with van der Waals surface area (Å²) in [5, 5.41) is 178. The van der Waals surface area contributed by atoms with Crippen molar-refractivity contribution in [2.24, 2.45) is 0 Å². The van der Waals surface area contributed by atoms with E-state index in [1.165, 1.54) is 0 Å². The first-order valence-electron chi connectivity index (χ1n) is 29.0. The smallest absolute Gasteiger partial charge is 0.333 e. The number of aromatic hydroxyl groups is 2. The largest absolute Gasteiger partial charge is 0.492 e. The van der Waals surface area contributed by atoms with Crippen LogP contribution in [0, 0.1) is 0 Å².